The first-order valence-electron chi connectivity index (χ1n) is 6.68. The van der Waals surface area contributed by atoms with Crippen molar-refractivity contribution >= 4 is 0 Å². The predicted molar refractivity (Wildman–Crippen MR) is 72.2 cm³/mol. The molecule has 2 aromatic rings. The van der Waals surface area contributed by atoms with Gasteiger partial charge >= 0.3 is 0 Å². The van der Waals surface area contributed by atoms with E-state index in [0.29, 0.717) is 6.42 Å². The zero-order chi connectivity index (χ0) is 13.4. The van der Waals surface area contributed by atoms with Gasteiger partial charge in [-0.2, -0.15) is 0 Å². The molecule has 1 aliphatic carbocycles. The summed E-state index contributed by atoms with van der Waals surface area (Å²) in [5.41, 5.74) is 9.21. The lowest BCUT2D eigenvalue weighted by Gasteiger charge is -2.29. The number of nitrogens with one attached hydrogen (secondary N) is 1. The van der Waals surface area contributed by atoms with Crippen molar-refractivity contribution < 1.29 is 4.39 Å². The van der Waals surface area contributed by atoms with E-state index in [-0.39, 0.29) is 17.8 Å². The van der Waals surface area contributed by atoms with Gasteiger partial charge < -0.3 is 10.7 Å². The summed E-state index contributed by atoms with van der Waals surface area (Å²) in [5, 5.41) is 0. The molecule has 0 amide bonds. The third-order valence-electron chi connectivity index (χ3n) is 4.06. The number of halogens is 1. The van der Waals surface area contributed by atoms with Crippen LogP contribution in [0.25, 0.3) is 0 Å². The molecule has 0 aliphatic heterocycles. The highest BCUT2D eigenvalue weighted by Crippen LogP contribution is 2.33. The molecule has 2 unspecified atom stereocenters. The summed E-state index contributed by atoms with van der Waals surface area (Å²) in [6.07, 6.45) is 4.40. The second-order valence-corrected chi connectivity index (χ2v) is 5.33. The largest absolute Gasteiger partial charge is 0.345 e. The van der Waals surface area contributed by atoms with E-state index in [0.717, 1.165) is 35.5 Å². The number of benzene rings is 1. The molecule has 3 N–H and O–H groups in total. The molecule has 0 saturated heterocycles. The van der Waals surface area contributed by atoms with Crippen LogP contribution in [0.5, 0.6) is 0 Å². The molecule has 19 heavy (non-hydrogen) atoms. The van der Waals surface area contributed by atoms with Crippen molar-refractivity contribution in [2.45, 2.75) is 32.2 Å². The van der Waals surface area contributed by atoms with E-state index in [1.54, 1.807) is 12.3 Å². The van der Waals surface area contributed by atoms with Crippen molar-refractivity contribution in [1.82, 2.24) is 9.97 Å². The number of imidazole rings is 1. The Hall–Kier alpha value is -1.68. The maximum Gasteiger partial charge on any atom is 0.126 e. The second kappa shape index (κ2) is 4.78. The molecule has 100 valence electrons. The van der Waals surface area contributed by atoms with Gasteiger partial charge in [0.15, 0.2) is 0 Å². The van der Waals surface area contributed by atoms with Crippen LogP contribution in [0.3, 0.4) is 0 Å². The first-order chi connectivity index (χ1) is 9.15. The standard InChI is InChI=1S/C15H18FN3/c1-9-18-8-14(19-9)15(17)11-6-5-10-3-2-4-13(16)12(10)7-11/h2-4,8,11,15H,5-7,17H2,1H3,(H,18,19). The summed E-state index contributed by atoms with van der Waals surface area (Å²) in [6.45, 7) is 1.91. The van der Waals surface area contributed by atoms with Gasteiger partial charge in [0.2, 0.25) is 0 Å². The molecule has 0 fully saturated rings. The van der Waals surface area contributed by atoms with Crippen molar-refractivity contribution in [1.29, 1.82) is 0 Å². The summed E-state index contributed by atoms with van der Waals surface area (Å²) >= 11 is 0. The normalized spacial score (nSPS) is 20.1. The van der Waals surface area contributed by atoms with Crippen LogP contribution >= 0.6 is 0 Å². The molecule has 0 spiro atoms. The summed E-state index contributed by atoms with van der Waals surface area (Å²) in [7, 11) is 0. The summed E-state index contributed by atoms with van der Waals surface area (Å²) in [4.78, 5) is 7.37. The highest BCUT2D eigenvalue weighted by atomic mass is 19.1. The highest BCUT2D eigenvalue weighted by Gasteiger charge is 2.27. The Morgan fingerprint density at radius 2 is 2.32 bits per heavy atom. The van der Waals surface area contributed by atoms with Crippen LogP contribution in [-0.2, 0) is 12.8 Å². The Kier molecular flexibility index (Phi) is 3.11. The number of H-pyrrole nitrogens is 1. The maximum atomic E-state index is 13.9. The van der Waals surface area contributed by atoms with Crippen molar-refractivity contribution in [2.75, 3.05) is 0 Å². The maximum absolute atomic E-state index is 13.9. The minimum absolute atomic E-state index is 0.102. The number of hydrogen-bond donors (Lipinski definition) is 2. The van der Waals surface area contributed by atoms with E-state index in [9.17, 15) is 4.39 Å². The zero-order valence-corrected chi connectivity index (χ0v) is 11.0. The van der Waals surface area contributed by atoms with Crippen LogP contribution in [0.2, 0.25) is 0 Å². The molecule has 1 aromatic carbocycles. The van der Waals surface area contributed by atoms with Gasteiger partial charge in [0.25, 0.3) is 0 Å². The van der Waals surface area contributed by atoms with Crippen LogP contribution in [0.4, 0.5) is 4.39 Å². The minimum atomic E-state index is -0.103. The number of hydrogen-bond acceptors (Lipinski definition) is 2. The minimum Gasteiger partial charge on any atom is -0.345 e. The van der Waals surface area contributed by atoms with Crippen LogP contribution in [0, 0.1) is 18.7 Å². The van der Waals surface area contributed by atoms with Crippen molar-refractivity contribution in [3.05, 3.63) is 52.9 Å². The second-order valence-electron chi connectivity index (χ2n) is 5.33. The molecule has 1 aromatic heterocycles. The van der Waals surface area contributed by atoms with Crippen molar-refractivity contribution in [3.63, 3.8) is 0 Å². The fourth-order valence-electron chi connectivity index (χ4n) is 2.94. The molecule has 3 rings (SSSR count). The molecule has 2 atom stereocenters. The molecule has 1 aliphatic rings. The Morgan fingerprint density at radius 1 is 1.47 bits per heavy atom. The Bertz CT molecular complexity index is 591. The van der Waals surface area contributed by atoms with Crippen molar-refractivity contribution in [2.24, 2.45) is 11.7 Å². The van der Waals surface area contributed by atoms with Gasteiger partial charge in [-0.25, -0.2) is 9.37 Å². The van der Waals surface area contributed by atoms with E-state index in [1.807, 2.05) is 13.0 Å². The van der Waals surface area contributed by atoms with E-state index in [1.165, 1.54) is 6.07 Å². The lowest BCUT2D eigenvalue weighted by molar-refractivity contribution is 0.369. The fourth-order valence-corrected chi connectivity index (χ4v) is 2.94. The first-order valence-corrected chi connectivity index (χ1v) is 6.68. The van der Waals surface area contributed by atoms with E-state index >= 15 is 0 Å². The average molecular weight is 259 g/mol. The Morgan fingerprint density at radius 3 is 3.05 bits per heavy atom. The molecule has 0 saturated carbocycles. The summed E-state index contributed by atoms with van der Waals surface area (Å²) < 4.78 is 13.9. The van der Waals surface area contributed by atoms with Gasteiger partial charge in [-0.3, -0.25) is 0 Å². The van der Waals surface area contributed by atoms with E-state index < -0.39 is 0 Å². The van der Waals surface area contributed by atoms with Crippen LogP contribution in [0.15, 0.2) is 24.4 Å². The number of nitrogens with zero attached hydrogens (tertiary/aromatic N) is 1. The van der Waals surface area contributed by atoms with Crippen molar-refractivity contribution in [3.8, 4) is 0 Å². The monoisotopic (exact) mass is 259 g/mol. The van der Waals surface area contributed by atoms with Gasteiger partial charge in [-0.15, -0.1) is 0 Å². The number of fused-ring (bicyclic) bond motifs is 1. The fraction of sp³-hybridized carbons (Fsp3) is 0.400. The number of aryl methyl sites for hydroxylation is 2. The number of aromatic amines is 1. The number of aromatic nitrogens is 2. The molecule has 4 heteroatoms. The third kappa shape index (κ3) is 2.28. The molecule has 3 nitrogen and oxygen atoms in total. The highest BCUT2D eigenvalue weighted by molar-refractivity contribution is 5.32. The predicted octanol–water partition coefficient (Wildman–Crippen LogP) is 2.66. The molecular weight excluding hydrogens is 241 g/mol. The van der Waals surface area contributed by atoms with Gasteiger partial charge in [0.1, 0.15) is 11.6 Å². The van der Waals surface area contributed by atoms with E-state index in [4.69, 9.17) is 5.73 Å². The van der Waals surface area contributed by atoms with Gasteiger partial charge in [-0.1, -0.05) is 12.1 Å². The first kappa shape index (κ1) is 12.4. The quantitative estimate of drug-likeness (QED) is 0.871. The van der Waals surface area contributed by atoms with Gasteiger partial charge in [-0.05, 0) is 49.3 Å². The molecular formula is C15H18FN3. The number of rotatable bonds is 2. The summed E-state index contributed by atoms with van der Waals surface area (Å²) in [6, 6.07) is 5.23. The smallest absolute Gasteiger partial charge is 0.126 e. The van der Waals surface area contributed by atoms with Gasteiger partial charge in [0, 0.05) is 12.2 Å². The van der Waals surface area contributed by atoms with Crippen LogP contribution in [0.1, 0.15) is 35.1 Å². The third-order valence-corrected chi connectivity index (χ3v) is 4.06. The lowest BCUT2D eigenvalue weighted by atomic mass is 9.79. The lowest BCUT2D eigenvalue weighted by Crippen LogP contribution is -2.27. The molecule has 0 radical (unpaired) electrons. The van der Waals surface area contributed by atoms with E-state index in [2.05, 4.69) is 9.97 Å². The Labute approximate surface area is 112 Å². The summed E-state index contributed by atoms with van der Waals surface area (Å²) in [5.74, 6) is 1.03. The van der Waals surface area contributed by atoms with Gasteiger partial charge in [0.05, 0.1) is 5.69 Å². The number of nitrogens with two attached hydrogens (primary N) is 1. The zero-order valence-electron chi connectivity index (χ0n) is 11.0. The van der Waals surface area contributed by atoms with Crippen LogP contribution < -0.4 is 5.73 Å². The topological polar surface area (TPSA) is 54.7 Å². The average Bonchev–Trinajstić information content (AvgIpc) is 2.85. The van der Waals surface area contributed by atoms with Crippen LogP contribution in [-0.4, -0.2) is 9.97 Å². The molecule has 1 heterocycles. The SMILES string of the molecule is Cc1ncc(C(N)C2CCc3cccc(F)c3C2)[nH]1. The molecule has 0 bridgehead atoms. The Balaban J connectivity index is 1.83.